The van der Waals surface area contributed by atoms with Crippen molar-refractivity contribution in [1.29, 1.82) is 0 Å². The number of nitrogens with one attached hydrogen (secondary N) is 1. The van der Waals surface area contributed by atoms with Crippen LogP contribution in [0.15, 0.2) is 12.1 Å². The van der Waals surface area contributed by atoms with Gasteiger partial charge in [0.25, 0.3) is 5.69 Å². The van der Waals surface area contributed by atoms with Crippen molar-refractivity contribution in [3.63, 3.8) is 0 Å². The van der Waals surface area contributed by atoms with Crippen molar-refractivity contribution in [2.75, 3.05) is 5.32 Å². The fraction of sp³-hybridized carbons (Fsp3) is 0.462. The maximum Gasteiger partial charge on any atom is 0.336 e. The number of hydrogen-bond acceptors (Lipinski definition) is 4. The van der Waals surface area contributed by atoms with Gasteiger partial charge >= 0.3 is 5.97 Å². The Morgan fingerprint density at radius 2 is 2.11 bits per heavy atom. The van der Waals surface area contributed by atoms with Gasteiger partial charge in [0.1, 0.15) is 0 Å². The minimum Gasteiger partial charge on any atom is -0.478 e. The average molecular weight is 264 g/mol. The molecule has 0 unspecified atom stereocenters. The number of carboxylic acids is 1. The van der Waals surface area contributed by atoms with Gasteiger partial charge in [0.2, 0.25) is 0 Å². The van der Waals surface area contributed by atoms with Crippen LogP contribution >= 0.6 is 0 Å². The Balaban J connectivity index is 2.46. The molecular weight excluding hydrogens is 248 g/mol. The Morgan fingerprint density at radius 3 is 2.53 bits per heavy atom. The van der Waals surface area contributed by atoms with Crippen molar-refractivity contribution in [2.24, 2.45) is 0 Å². The van der Waals surface area contributed by atoms with Crippen LogP contribution in [0, 0.1) is 17.0 Å². The highest BCUT2D eigenvalue weighted by Gasteiger charge is 2.33. The predicted octanol–water partition coefficient (Wildman–Crippen LogP) is 2.96. The van der Waals surface area contributed by atoms with Gasteiger partial charge in [-0.25, -0.2) is 4.79 Å². The third-order valence-electron chi connectivity index (χ3n) is 3.72. The van der Waals surface area contributed by atoms with E-state index < -0.39 is 10.9 Å². The zero-order valence-corrected chi connectivity index (χ0v) is 10.9. The Labute approximate surface area is 110 Å². The van der Waals surface area contributed by atoms with Crippen molar-refractivity contribution in [3.8, 4) is 0 Å². The van der Waals surface area contributed by atoms with E-state index >= 15 is 0 Å². The molecular formula is C13H16N2O4. The summed E-state index contributed by atoms with van der Waals surface area (Å²) < 4.78 is 0. The van der Waals surface area contributed by atoms with E-state index in [-0.39, 0.29) is 16.8 Å². The van der Waals surface area contributed by atoms with Crippen molar-refractivity contribution in [1.82, 2.24) is 0 Å². The highest BCUT2D eigenvalue weighted by molar-refractivity contribution is 5.90. The fourth-order valence-electron chi connectivity index (χ4n) is 2.30. The molecule has 6 heteroatoms. The molecule has 0 aromatic heterocycles. The van der Waals surface area contributed by atoms with Gasteiger partial charge in [-0.2, -0.15) is 0 Å². The van der Waals surface area contributed by atoms with Crippen LogP contribution in [0.3, 0.4) is 0 Å². The second-order valence-electron chi connectivity index (χ2n) is 5.27. The van der Waals surface area contributed by atoms with Gasteiger partial charge in [-0.15, -0.1) is 0 Å². The summed E-state index contributed by atoms with van der Waals surface area (Å²) in [7, 11) is 0. The summed E-state index contributed by atoms with van der Waals surface area (Å²) in [4.78, 5) is 21.5. The number of nitro groups is 1. The maximum absolute atomic E-state index is 11.0. The number of anilines is 1. The molecule has 2 N–H and O–H groups in total. The Hall–Kier alpha value is -2.11. The largest absolute Gasteiger partial charge is 0.478 e. The van der Waals surface area contributed by atoms with Crippen molar-refractivity contribution < 1.29 is 14.8 Å². The first-order chi connectivity index (χ1) is 8.82. The number of rotatable bonds is 4. The molecule has 0 saturated heterocycles. The molecule has 1 aromatic carbocycles. The highest BCUT2D eigenvalue weighted by Crippen LogP contribution is 2.37. The van der Waals surface area contributed by atoms with E-state index in [9.17, 15) is 14.9 Å². The summed E-state index contributed by atoms with van der Waals surface area (Å²) in [5.74, 6) is -1.16. The Bertz CT molecular complexity index is 550. The van der Waals surface area contributed by atoms with Crippen LogP contribution in [-0.2, 0) is 0 Å². The summed E-state index contributed by atoms with van der Waals surface area (Å²) in [6, 6.07) is 2.57. The summed E-state index contributed by atoms with van der Waals surface area (Å²) in [6.07, 6.45) is 3.08. The lowest BCUT2D eigenvalue weighted by Gasteiger charge is -2.40. The molecule has 1 fully saturated rings. The van der Waals surface area contributed by atoms with Crippen LogP contribution in [0.1, 0.15) is 42.1 Å². The topological polar surface area (TPSA) is 92.5 Å². The second-order valence-corrected chi connectivity index (χ2v) is 5.27. The lowest BCUT2D eigenvalue weighted by atomic mass is 9.78. The van der Waals surface area contributed by atoms with E-state index in [0.29, 0.717) is 11.3 Å². The van der Waals surface area contributed by atoms with E-state index in [2.05, 4.69) is 5.32 Å². The molecule has 0 radical (unpaired) electrons. The number of carbonyl (C=O) groups is 1. The summed E-state index contributed by atoms with van der Waals surface area (Å²) >= 11 is 0. The quantitative estimate of drug-likeness (QED) is 0.644. The number of nitro benzene ring substituents is 1. The number of hydrogen-bond donors (Lipinski definition) is 2. The monoisotopic (exact) mass is 264 g/mol. The SMILES string of the molecule is Cc1c(NC2(C)CCC2)cc(C(=O)O)cc1[N+](=O)[O-]. The van der Waals surface area contributed by atoms with E-state index in [4.69, 9.17) is 5.11 Å². The zero-order chi connectivity index (χ0) is 14.2. The molecule has 19 heavy (non-hydrogen) atoms. The molecule has 0 amide bonds. The van der Waals surface area contributed by atoms with Gasteiger partial charge < -0.3 is 10.4 Å². The van der Waals surface area contributed by atoms with Crippen molar-refractivity contribution in [2.45, 2.75) is 38.6 Å². The van der Waals surface area contributed by atoms with Crippen LogP contribution in [0.2, 0.25) is 0 Å². The van der Waals surface area contributed by atoms with Gasteiger partial charge in [0.15, 0.2) is 0 Å². The lowest BCUT2D eigenvalue weighted by Crippen LogP contribution is -2.41. The Kier molecular flexibility index (Phi) is 3.18. The van der Waals surface area contributed by atoms with E-state index in [1.165, 1.54) is 6.07 Å². The molecule has 1 aliphatic rings. The van der Waals surface area contributed by atoms with Gasteiger partial charge in [0, 0.05) is 22.9 Å². The third-order valence-corrected chi connectivity index (χ3v) is 3.72. The van der Waals surface area contributed by atoms with Gasteiger partial charge in [0.05, 0.1) is 10.5 Å². The van der Waals surface area contributed by atoms with Crippen molar-refractivity contribution >= 4 is 17.3 Å². The predicted molar refractivity (Wildman–Crippen MR) is 70.7 cm³/mol. The van der Waals surface area contributed by atoms with Gasteiger partial charge in [-0.1, -0.05) is 0 Å². The number of nitrogens with zero attached hydrogens (tertiary/aromatic N) is 1. The first kappa shape index (κ1) is 13.3. The average Bonchev–Trinajstić information content (AvgIpc) is 2.28. The molecule has 0 atom stereocenters. The normalized spacial score (nSPS) is 16.5. The number of aromatic carboxylic acids is 1. The highest BCUT2D eigenvalue weighted by atomic mass is 16.6. The second kappa shape index (κ2) is 4.53. The third kappa shape index (κ3) is 2.52. The summed E-state index contributed by atoms with van der Waals surface area (Å²) in [5, 5.41) is 23.3. The molecule has 102 valence electrons. The maximum atomic E-state index is 11.0. The molecule has 0 aliphatic heterocycles. The zero-order valence-electron chi connectivity index (χ0n) is 10.9. The number of benzene rings is 1. The molecule has 1 saturated carbocycles. The molecule has 0 bridgehead atoms. The Morgan fingerprint density at radius 1 is 1.47 bits per heavy atom. The first-order valence-corrected chi connectivity index (χ1v) is 6.13. The van der Waals surface area contributed by atoms with Gasteiger partial charge in [-0.05, 0) is 39.2 Å². The standard InChI is InChI=1S/C13H16N2O4/c1-8-10(14-13(2)4-3-5-13)6-9(12(16)17)7-11(8)15(18)19/h6-7,14H,3-5H2,1-2H3,(H,16,17). The molecule has 0 heterocycles. The molecule has 1 aromatic rings. The molecule has 6 nitrogen and oxygen atoms in total. The van der Waals surface area contributed by atoms with E-state index in [1.54, 1.807) is 6.92 Å². The summed E-state index contributed by atoms with van der Waals surface area (Å²) in [6.45, 7) is 3.67. The lowest BCUT2D eigenvalue weighted by molar-refractivity contribution is -0.385. The van der Waals surface area contributed by atoms with Crippen LogP contribution in [-0.4, -0.2) is 21.5 Å². The van der Waals surface area contributed by atoms with Gasteiger partial charge in [-0.3, -0.25) is 10.1 Å². The molecule has 0 spiro atoms. The number of carboxylic acid groups (broad SMARTS) is 1. The van der Waals surface area contributed by atoms with E-state index in [1.807, 2.05) is 6.92 Å². The molecule has 1 aliphatic carbocycles. The van der Waals surface area contributed by atoms with Crippen LogP contribution in [0.5, 0.6) is 0 Å². The van der Waals surface area contributed by atoms with Crippen LogP contribution < -0.4 is 5.32 Å². The fourth-order valence-corrected chi connectivity index (χ4v) is 2.30. The molecule has 2 rings (SSSR count). The smallest absolute Gasteiger partial charge is 0.336 e. The van der Waals surface area contributed by atoms with Crippen molar-refractivity contribution in [3.05, 3.63) is 33.4 Å². The first-order valence-electron chi connectivity index (χ1n) is 6.13. The minimum atomic E-state index is -1.16. The minimum absolute atomic E-state index is 0.0669. The summed E-state index contributed by atoms with van der Waals surface area (Å²) in [5.41, 5.74) is 0.695. The van der Waals surface area contributed by atoms with Crippen LogP contribution in [0.25, 0.3) is 0 Å². The van der Waals surface area contributed by atoms with Crippen LogP contribution in [0.4, 0.5) is 11.4 Å². The van der Waals surface area contributed by atoms with E-state index in [0.717, 1.165) is 25.3 Å².